The van der Waals surface area contributed by atoms with Crippen LogP contribution in [0.1, 0.15) is 23.8 Å². The third kappa shape index (κ3) is 2.81. The van der Waals surface area contributed by atoms with Crippen molar-refractivity contribution in [2.75, 3.05) is 13.2 Å². The van der Waals surface area contributed by atoms with Gasteiger partial charge < -0.3 is 10.5 Å². The zero-order valence-electron chi connectivity index (χ0n) is 8.14. The van der Waals surface area contributed by atoms with E-state index in [0.717, 1.165) is 6.42 Å². The van der Waals surface area contributed by atoms with Gasteiger partial charge >= 0.3 is 5.97 Å². The van der Waals surface area contributed by atoms with Crippen molar-refractivity contribution in [2.45, 2.75) is 19.9 Å². The van der Waals surface area contributed by atoms with Crippen molar-refractivity contribution in [1.29, 1.82) is 0 Å². The van der Waals surface area contributed by atoms with E-state index in [0.29, 0.717) is 19.7 Å². The number of ether oxygens (including phenoxy) is 1. The van der Waals surface area contributed by atoms with Gasteiger partial charge in [0.25, 0.3) is 0 Å². The molecule has 14 heavy (non-hydrogen) atoms. The van der Waals surface area contributed by atoms with E-state index in [-0.39, 0.29) is 5.69 Å². The number of carbonyl (C=O) groups excluding carboxylic acids is 1. The Morgan fingerprint density at radius 2 is 2.50 bits per heavy atom. The van der Waals surface area contributed by atoms with Crippen LogP contribution in [0.5, 0.6) is 0 Å². The molecule has 0 fully saturated rings. The van der Waals surface area contributed by atoms with Gasteiger partial charge in [0.05, 0.1) is 19.3 Å². The largest absolute Gasteiger partial charge is 0.461 e. The summed E-state index contributed by atoms with van der Waals surface area (Å²) in [7, 11) is 0. The Balaban J connectivity index is 2.53. The highest BCUT2D eigenvalue weighted by Gasteiger charge is 2.11. The van der Waals surface area contributed by atoms with Gasteiger partial charge in [0.1, 0.15) is 0 Å². The van der Waals surface area contributed by atoms with Crippen molar-refractivity contribution in [3.8, 4) is 0 Å². The van der Waals surface area contributed by atoms with Crippen molar-refractivity contribution in [2.24, 2.45) is 5.73 Å². The lowest BCUT2D eigenvalue weighted by molar-refractivity contribution is 0.0498. The molecule has 1 aromatic rings. The summed E-state index contributed by atoms with van der Waals surface area (Å²) in [6, 6.07) is 0. The highest BCUT2D eigenvalue weighted by molar-refractivity contribution is 5.86. The smallest absolute Gasteiger partial charge is 0.360 e. The number of aromatic nitrogens is 3. The molecule has 0 amide bonds. The third-order valence-corrected chi connectivity index (χ3v) is 1.54. The third-order valence-electron chi connectivity index (χ3n) is 1.54. The summed E-state index contributed by atoms with van der Waals surface area (Å²) in [4.78, 5) is 11.3. The summed E-state index contributed by atoms with van der Waals surface area (Å²) < 4.78 is 6.40. The van der Waals surface area contributed by atoms with Crippen molar-refractivity contribution in [3.05, 3.63) is 11.9 Å². The van der Waals surface area contributed by atoms with Crippen LogP contribution in [0.4, 0.5) is 0 Å². The topological polar surface area (TPSA) is 83.0 Å². The fourth-order valence-corrected chi connectivity index (χ4v) is 0.902. The SMILES string of the molecule is CCCOC(=O)c1cn(CCN)nn1. The van der Waals surface area contributed by atoms with Crippen molar-refractivity contribution < 1.29 is 9.53 Å². The first-order valence-electron chi connectivity index (χ1n) is 4.55. The van der Waals surface area contributed by atoms with Gasteiger partial charge in [-0.1, -0.05) is 12.1 Å². The van der Waals surface area contributed by atoms with Gasteiger partial charge in [0.15, 0.2) is 5.69 Å². The first kappa shape index (κ1) is 10.6. The Labute approximate surface area is 82.0 Å². The van der Waals surface area contributed by atoms with Gasteiger partial charge in [0, 0.05) is 6.54 Å². The number of esters is 1. The molecule has 0 spiro atoms. The molecule has 0 bridgehead atoms. The van der Waals surface area contributed by atoms with E-state index in [2.05, 4.69) is 10.3 Å². The standard InChI is InChI=1S/C8H14N4O2/c1-2-5-14-8(13)7-6-12(4-3-9)11-10-7/h6H,2-5,9H2,1H3. The second-order valence-electron chi connectivity index (χ2n) is 2.79. The quantitative estimate of drug-likeness (QED) is 0.662. The van der Waals surface area contributed by atoms with Crippen molar-refractivity contribution >= 4 is 5.97 Å². The van der Waals surface area contributed by atoms with Crippen LogP contribution >= 0.6 is 0 Å². The van der Waals surface area contributed by atoms with E-state index in [1.807, 2.05) is 6.92 Å². The summed E-state index contributed by atoms with van der Waals surface area (Å²) in [5, 5.41) is 7.39. The Hall–Kier alpha value is -1.43. The van der Waals surface area contributed by atoms with Crippen LogP contribution in [0, 0.1) is 0 Å². The molecular weight excluding hydrogens is 184 g/mol. The fourth-order valence-electron chi connectivity index (χ4n) is 0.902. The van der Waals surface area contributed by atoms with Crippen LogP contribution in [-0.2, 0) is 11.3 Å². The van der Waals surface area contributed by atoms with E-state index in [1.165, 1.54) is 10.9 Å². The van der Waals surface area contributed by atoms with Gasteiger partial charge in [-0.05, 0) is 6.42 Å². The molecule has 0 unspecified atom stereocenters. The number of nitrogens with two attached hydrogens (primary N) is 1. The number of carbonyl (C=O) groups is 1. The maximum Gasteiger partial charge on any atom is 0.360 e. The van der Waals surface area contributed by atoms with E-state index in [4.69, 9.17) is 10.5 Å². The van der Waals surface area contributed by atoms with Crippen molar-refractivity contribution in [1.82, 2.24) is 15.0 Å². The van der Waals surface area contributed by atoms with Gasteiger partial charge in [-0.15, -0.1) is 5.10 Å². The molecule has 6 nitrogen and oxygen atoms in total. The molecule has 1 aromatic heterocycles. The summed E-state index contributed by atoms with van der Waals surface area (Å²) in [6.45, 7) is 3.35. The molecule has 0 aliphatic heterocycles. The molecule has 78 valence electrons. The minimum atomic E-state index is -0.435. The highest BCUT2D eigenvalue weighted by atomic mass is 16.5. The lowest BCUT2D eigenvalue weighted by atomic mass is 10.5. The molecule has 0 aromatic carbocycles. The molecule has 1 rings (SSSR count). The molecule has 6 heteroatoms. The fraction of sp³-hybridized carbons (Fsp3) is 0.625. The van der Waals surface area contributed by atoms with Crippen LogP contribution < -0.4 is 5.73 Å². The summed E-state index contributed by atoms with van der Waals surface area (Å²) in [5.74, 6) is -0.435. The molecular formula is C8H14N4O2. The Kier molecular flexibility index (Phi) is 4.06. The number of nitrogens with zero attached hydrogens (tertiary/aromatic N) is 3. The van der Waals surface area contributed by atoms with Crippen LogP contribution in [0.15, 0.2) is 6.20 Å². The van der Waals surface area contributed by atoms with Crippen LogP contribution in [0.3, 0.4) is 0 Å². The van der Waals surface area contributed by atoms with Crippen LogP contribution in [0.25, 0.3) is 0 Å². The minimum absolute atomic E-state index is 0.229. The lowest BCUT2D eigenvalue weighted by Gasteiger charge is -1.97. The van der Waals surface area contributed by atoms with Crippen LogP contribution in [0.2, 0.25) is 0 Å². The molecule has 0 radical (unpaired) electrons. The second-order valence-corrected chi connectivity index (χ2v) is 2.79. The first-order valence-corrected chi connectivity index (χ1v) is 4.55. The van der Waals surface area contributed by atoms with Gasteiger partial charge in [-0.2, -0.15) is 0 Å². The number of hydrogen-bond donors (Lipinski definition) is 1. The first-order chi connectivity index (χ1) is 6.77. The van der Waals surface area contributed by atoms with E-state index < -0.39 is 5.97 Å². The predicted molar refractivity (Wildman–Crippen MR) is 49.6 cm³/mol. The van der Waals surface area contributed by atoms with Gasteiger partial charge in [-0.3, -0.25) is 4.68 Å². The average Bonchev–Trinajstić information content (AvgIpc) is 2.63. The van der Waals surface area contributed by atoms with Crippen LogP contribution in [-0.4, -0.2) is 34.1 Å². The molecule has 0 aliphatic rings. The van der Waals surface area contributed by atoms with E-state index >= 15 is 0 Å². The maximum absolute atomic E-state index is 11.3. The molecule has 0 saturated heterocycles. The van der Waals surface area contributed by atoms with Gasteiger partial charge in [-0.25, -0.2) is 4.79 Å². The predicted octanol–water partition coefficient (Wildman–Crippen LogP) is -0.196. The minimum Gasteiger partial charge on any atom is -0.461 e. The highest BCUT2D eigenvalue weighted by Crippen LogP contribution is 1.96. The summed E-state index contributed by atoms with van der Waals surface area (Å²) in [5.41, 5.74) is 5.55. The number of hydrogen-bond acceptors (Lipinski definition) is 5. The van der Waals surface area contributed by atoms with Gasteiger partial charge in [0.2, 0.25) is 0 Å². The molecule has 0 atom stereocenters. The molecule has 2 N–H and O–H groups in total. The lowest BCUT2D eigenvalue weighted by Crippen LogP contribution is -2.10. The Bertz CT molecular complexity index is 297. The normalized spacial score (nSPS) is 10.1. The molecule has 0 saturated carbocycles. The van der Waals surface area contributed by atoms with Crippen molar-refractivity contribution in [3.63, 3.8) is 0 Å². The van der Waals surface area contributed by atoms with E-state index in [9.17, 15) is 4.79 Å². The molecule has 1 heterocycles. The average molecular weight is 198 g/mol. The zero-order valence-corrected chi connectivity index (χ0v) is 8.14. The zero-order chi connectivity index (χ0) is 10.4. The summed E-state index contributed by atoms with van der Waals surface area (Å²) in [6.07, 6.45) is 2.33. The Morgan fingerprint density at radius 1 is 1.71 bits per heavy atom. The maximum atomic E-state index is 11.3. The summed E-state index contributed by atoms with van der Waals surface area (Å²) >= 11 is 0. The Morgan fingerprint density at radius 3 is 3.14 bits per heavy atom. The van der Waals surface area contributed by atoms with E-state index in [1.54, 1.807) is 0 Å². The second kappa shape index (κ2) is 5.33. The molecule has 0 aliphatic carbocycles. The number of rotatable bonds is 5. The monoisotopic (exact) mass is 198 g/mol.